The van der Waals surface area contributed by atoms with Crippen molar-refractivity contribution in [3.8, 4) is 0 Å². The second-order valence-corrected chi connectivity index (χ2v) is 16.9. The molecule has 0 saturated heterocycles. The minimum atomic E-state index is -0.377. The van der Waals surface area contributed by atoms with Gasteiger partial charge in [-0.15, -0.1) is 0 Å². The fraction of sp³-hybridized carbons (Fsp3) is 0.636. The molecule has 2 heterocycles. The van der Waals surface area contributed by atoms with E-state index in [1.807, 2.05) is 13.8 Å². The van der Waals surface area contributed by atoms with Crippen LogP contribution in [0.3, 0.4) is 0 Å². The number of nitrogens with one attached hydrogen (secondary N) is 2. The van der Waals surface area contributed by atoms with Gasteiger partial charge in [0, 0.05) is 89.2 Å². The zero-order valence-electron chi connectivity index (χ0n) is 26.5. The molecule has 6 amide bonds. The number of hydrogen-bond donors (Lipinski definition) is 2. The van der Waals surface area contributed by atoms with Crippen LogP contribution in [0, 0.1) is 11.8 Å². The summed E-state index contributed by atoms with van der Waals surface area (Å²) in [5.74, 6) is -1.96. The van der Waals surface area contributed by atoms with Gasteiger partial charge in [-0.05, 0) is 72.9 Å². The summed E-state index contributed by atoms with van der Waals surface area (Å²) in [4.78, 5) is 93.1. The zero-order chi connectivity index (χ0) is 36.5. The Morgan fingerprint density at radius 3 is 1.09 bits per heavy atom. The largest absolute Gasteiger partial charge is 0.356 e. The van der Waals surface area contributed by atoms with E-state index in [0.717, 1.165) is 62.4 Å². The van der Waals surface area contributed by atoms with Gasteiger partial charge in [-0.2, -0.15) is 0 Å². The molecule has 2 aliphatic rings. The number of rotatable bonds is 21. The number of unbranched alkanes of at least 4 members (excludes halogenated alkanes) is 2. The summed E-state index contributed by atoms with van der Waals surface area (Å²) in [6.45, 7) is 4.95. The average Bonchev–Trinajstić information content (AvgIpc) is 3.58. The molecular formula is C33H58N4O8P4S4. The summed E-state index contributed by atoms with van der Waals surface area (Å²) in [5.41, 5.74) is 0.125. The molecule has 12 nitrogen and oxygen atoms in total. The van der Waals surface area contributed by atoms with Crippen LogP contribution >= 0.6 is 28.8 Å². The van der Waals surface area contributed by atoms with Crippen molar-refractivity contribution in [2.24, 2.45) is 11.8 Å². The number of nitrogens with zero attached hydrogens (tertiary/aromatic N) is 2. The van der Waals surface area contributed by atoms with Gasteiger partial charge in [-0.3, -0.25) is 48.2 Å². The van der Waals surface area contributed by atoms with E-state index in [2.05, 4.69) is 57.9 Å². The number of carbonyl (C=O) groups is 8. The quantitative estimate of drug-likeness (QED) is 0.0676. The van der Waals surface area contributed by atoms with E-state index in [1.165, 1.54) is 24.3 Å². The molecule has 0 unspecified atom stereocenters. The second-order valence-electron chi connectivity index (χ2n) is 10.3. The normalized spacial score (nSPS) is 13.5. The van der Waals surface area contributed by atoms with Gasteiger partial charge < -0.3 is 10.6 Å². The highest BCUT2D eigenvalue weighted by molar-refractivity contribution is 8.40. The van der Waals surface area contributed by atoms with Crippen LogP contribution in [0.5, 0.6) is 0 Å². The Morgan fingerprint density at radius 1 is 0.566 bits per heavy atom. The van der Waals surface area contributed by atoms with Gasteiger partial charge in [0.2, 0.25) is 11.8 Å². The molecule has 0 radical (unpaired) electrons. The van der Waals surface area contributed by atoms with Crippen LogP contribution in [-0.2, 0) is 85.6 Å². The predicted molar refractivity (Wildman–Crippen MR) is 234 cm³/mol. The Balaban J connectivity index is -0.000000174. The lowest BCUT2D eigenvalue weighted by Gasteiger charge is -2.13. The van der Waals surface area contributed by atoms with E-state index in [1.54, 1.807) is 0 Å². The first kappa shape index (κ1) is 63.1. The van der Waals surface area contributed by atoms with Crippen molar-refractivity contribution in [1.29, 1.82) is 0 Å². The Morgan fingerprint density at radius 2 is 0.849 bits per heavy atom. The average molecular weight is 891 g/mol. The Kier molecular flexibility index (Phi) is 45.7. The third-order valence-electron chi connectivity index (χ3n) is 6.75. The van der Waals surface area contributed by atoms with Gasteiger partial charge in [-0.1, -0.05) is 63.8 Å². The summed E-state index contributed by atoms with van der Waals surface area (Å²) in [7, 11) is 2.50. The molecule has 0 bridgehead atoms. The van der Waals surface area contributed by atoms with Crippen molar-refractivity contribution in [3.63, 3.8) is 0 Å². The lowest BCUT2D eigenvalue weighted by Crippen LogP contribution is -2.34. The number of imide groups is 2. The van der Waals surface area contributed by atoms with Crippen molar-refractivity contribution in [2.45, 2.75) is 102 Å². The van der Waals surface area contributed by atoms with E-state index in [4.69, 9.17) is 0 Å². The van der Waals surface area contributed by atoms with E-state index in [0.29, 0.717) is 27.8 Å². The van der Waals surface area contributed by atoms with Gasteiger partial charge in [0.05, 0.1) is 14.7 Å². The van der Waals surface area contributed by atoms with Crippen molar-refractivity contribution in [2.75, 3.05) is 26.2 Å². The van der Waals surface area contributed by atoms with Gasteiger partial charge in [0.15, 0.2) is 11.0 Å². The first-order chi connectivity index (χ1) is 22.8. The maximum atomic E-state index is 11.6. The fourth-order valence-electron chi connectivity index (χ4n) is 3.94. The molecule has 0 aromatic rings. The van der Waals surface area contributed by atoms with Crippen LogP contribution < -0.4 is 10.6 Å². The minimum absolute atomic E-state index is 0. The van der Waals surface area contributed by atoms with Crippen molar-refractivity contribution in [1.82, 2.24) is 20.4 Å². The fourth-order valence-corrected chi connectivity index (χ4v) is 5.64. The summed E-state index contributed by atoms with van der Waals surface area (Å²) in [5, 5.41) is 5.47. The highest BCUT2D eigenvalue weighted by Gasteiger charge is 2.24. The molecule has 20 heteroatoms. The molecule has 302 valence electrons. The van der Waals surface area contributed by atoms with Crippen LogP contribution in [-0.4, -0.2) is 82.5 Å². The maximum Gasteiger partial charge on any atom is 0.253 e. The topological polar surface area (TPSA) is 167 Å². The summed E-state index contributed by atoms with van der Waals surface area (Å²) in [6.07, 6.45) is 9.76. The minimum Gasteiger partial charge on any atom is -0.356 e. The van der Waals surface area contributed by atoms with Crippen molar-refractivity contribution >= 4 is 123 Å². The Labute approximate surface area is 344 Å². The highest BCUT2D eigenvalue weighted by atomic mass is 32.7. The van der Waals surface area contributed by atoms with E-state index >= 15 is 0 Å². The molecular weight excluding hydrogens is 833 g/mol. The molecule has 2 atom stereocenters. The zero-order valence-corrected chi connectivity index (χ0v) is 33.4. The van der Waals surface area contributed by atoms with Gasteiger partial charge in [0.25, 0.3) is 23.6 Å². The molecule has 0 fully saturated rings. The Bertz CT molecular complexity index is 1170. The van der Waals surface area contributed by atoms with Gasteiger partial charge in [-0.25, -0.2) is 0 Å². The standard InChI is InChI=1S/2C14H19N2O4PS.5CH4.P2S2/c2*1-10(14(20)21-22)4-2-3-8-15-11(17)7-9-16-12(18)5-6-13(16)19;;;;;;3-1-2-4/h2*5-6,10H,2-4,7-9H2,1H3,(H,15,17);5*1H4;/t2*10-;;;;;;/m00....../s1. The van der Waals surface area contributed by atoms with E-state index < -0.39 is 0 Å². The van der Waals surface area contributed by atoms with Gasteiger partial charge >= 0.3 is 0 Å². The predicted octanol–water partition coefficient (Wildman–Crippen LogP) is 7.22. The molecule has 2 aliphatic heterocycles. The molecule has 2 rings (SSSR count). The van der Waals surface area contributed by atoms with Crippen molar-refractivity contribution in [3.05, 3.63) is 24.3 Å². The smallest absolute Gasteiger partial charge is 0.253 e. The molecule has 0 saturated carbocycles. The first-order valence-electron chi connectivity index (χ1n) is 14.8. The molecule has 0 spiro atoms. The molecule has 0 aromatic carbocycles. The number of hydrogen-bond acceptors (Lipinski definition) is 12. The molecule has 0 aliphatic carbocycles. The summed E-state index contributed by atoms with van der Waals surface area (Å²) in [6, 6.07) is 0. The number of amides is 6. The van der Waals surface area contributed by atoms with Crippen LogP contribution in [0.25, 0.3) is 0 Å². The lowest BCUT2D eigenvalue weighted by molar-refractivity contribution is -0.139. The number of carbonyl (C=O) groups excluding carboxylic acids is 8. The maximum absolute atomic E-state index is 11.6. The van der Waals surface area contributed by atoms with Crippen LogP contribution in [0.1, 0.15) is 102 Å². The molecule has 53 heavy (non-hydrogen) atoms. The van der Waals surface area contributed by atoms with E-state index in [-0.39, 0.29) is 121 Å². The molecule has 0 aromatic heterocycles. The van der Waals surface area contributed by atoms with Crippen LogP contribution in [0.4, 0.5) is 0 Å². The third-order valence-corrected chi connectivity index (χ3v) is 11.7. The molecule has 2 N–H and O–H groups in total. The van der Waals surface area contributed by atoms with Crippen LogP contribution in [0.15, 0.2) is 24.3 Å². The third kappa shape index (κ3) is 29.1. The van der Waals surface area contributed by atoms with E-state index in [9.17, 15) is 38.4 Å². The van der Waals surface area contributed by atoms with Crippen molar-refractivity contribution < 1.29 is 38.4 Å². The summed E-state index contributed by atoms with van der Waals surface area (Å²) >= 11 is 18.2. The van der Waals surface area contributed by atoms with Gasteiger partial charge in [0.1, 0.15) is 0 Å². The monoisotopic (exact) mass is 890 g/mol. The van der Waals surface area contributed by atoms with Crippen LogP contribution in [0.2, 0.25) is 0 Å². The lowest BCUT2D eigenvalue weighted by atomic mass is 10.1. The SMILES string of the molecule is C.C.C.C.C.C[C@@H](CCCCNC(=O)CCN1C(=O)C=CC1=O)C(=O)P=S.C[C@@H](CCCCNC(=O)CCN1C(=O)C=CC1=O)C(=O)P=S.S=PP=S. The second kappa shape index (κ2) is 38.4. The summed E-state index contributed by atoms with van der Waals surface area (Å²) < 4.78 is 0. The first-order valence-corrected chi connectivity index (χ1v) is 23.2. The Hall–Kier alpha value is -1.88. The highest BCUT2D eigenvalue weighted by Crippen LogP contribution is 2.15.